The number of halogens is 1. The lowest BCUT2D eigenvalue weighted by Gasteiger charge is -2.15. The van der Waals surface area contributed by atoms with Crippen molar-refractivity contribution in [2.24, 2.45) is 0 Å². The molecule has 3 aromatic rings. The van der Waals surface area contributed by atoms with Crippen LogP contribution < -0.4 is 22.5 Å². The summed E-state index contributed by atoms with van der Waals surface area (Å²) in [5.74, 6) is 0.863. The van der Waals surface area contributed by atoms with Gasteiger partial charge in [-0.15, -0.1) is 0 Å². The van der Waals surface area contributed by atoms with Gasteiger partial charge in [0.05, 0.1) is 17.8 Å². The van der Waals surface area contributed by atoms with E-state index < -0.39 is 0 Å². The number of anilines is 2. The number of hydrogen-bond donors (Lipinski definition) is 1. The highest BCUT2D eigenvalue weighted by Crippen LogP contribution is 2.33. The third-order valence-corrected chi connectivity index (χ3v) is 4.04. The number of amides is 1. The zero-order chi connectivity index (χ0) is 20.7. The first kappa shape index (κ1) is 24.2. The lowest BCUT2D eigenvalue weighted by Crippen LogP contribution is -3.00. The van der Waals surface area contributed by atoms with E-state index in [-0.39, 0.29) is 12.4 Å². The second-order valence-electron chi connectivity index (χ2n) is 6.91. The summed E-state index contributed by atoms with van der Waals surface area (Å²) in [6.07, 6.45) is 0.750. The van der Waals surface area contributed by atoms with E-state index >= 15 is 0 Å². The molecular weight excluding hydrogens is 386 g/mol. The van der Waals surface area contributed by atoms with Crippen LogP contribution in [0.1, 0.15) is 23.7 Å². The predicted molar refractivity (Wildman–Crippen MR) is 117 cm³/mol. The minimum absolute atomic E-state index is 0. The third-order valence-electron chi connectivity index (χ3n) is 4.04. The summed E-state index contributed by atoms with van der Waals surface area (Å²) in [6.45, 7) is 8.89. The normalized spacial score (nSPS) is 9.72. The topological polar surface area (TPSA) is 54.5 Å². The van der Waals surface area contributed by atoms with E-state index in [1.165, 1.54) is 16.0 Å². The molecule has 1 aromatic heterocycles. The third kappa shape index (κ3) is 6.64. The Morgan fingerprint density at radius 1 is 1.07 bits per heavy atom. The minimum Gasteiger partial charge on any atom is -1.00 e. The van der Waals surface area contributed by atoms with Gasteiger partial charge in [-0.25, -0.2) is 0 Å². The van der Waals surface area contributed by atoms with Gasteiger partial charge in [0.1, 0.15) is 5.75 Å². The van der Waals surface area contributed by atoms with Crippen molar-refractivity contribution < 1.29 is 21.9 Å². The summed E-state index contributed by atoms with van der Waals surface area (Å²) >= 11 is 0. The number of aromatic nitrogens is 1. The largest absolute Gasteiger partial charge is 1.00 e. The highest BCUT2D eigenvalue weighted by molar-refractivity contribution is 5.95. The summed E-state index contributed by atoms with van der Waals surface area (Å²) in [5.41, 5.74) is 6.52. The summed E-state index contributed by atoms with van der Waals surface area (Å²) < 4.78 is 5.72. The van der Waals surface area contributed by atoms with E-state index in [0.717, 1.165) is 40.1 Å². The number of nitrogens with zero attached hydrogens (tertiary/aromatic N) is 2. The van der Waals surface area contributed by atoms with Gasteiger partial charge in [0.2, 0.25) is 6.41 Å². The van der Waals surface area contributed by atoms with Crippen molar-refractivity contribution in [2.45, 2.75) is 27.7 Å². The first-order valence-corrected chi connectivity index (χ1v) is 9.34. The molecule has 156 valence electrons. The maximum absolute atomic E-state index is 9.43. The number of benzene rings is 2. The molecule has 0 aliphatic heterocycles. The standard InChI is InChI=1S/C20H22N2O.C3H7NO.ClH/c1-5-23-19-9-7-6-8-17(19)22-18-12-15(4)21-20-14(3)10-13(2)11-16(18)20;1-4(2)3-5;/h6-12H,5H2,1-4H3,(H,21,22);3H,1-2H3;1H/p-1. The van der Waals surface area contributed by atoms with E-state index in [4.69, 9.17) is 9.72 Å². The fraction of sp³-hybridized carbons (Fsp3) is 0.304. The molecule has 1 N–H and O–H groups in total. The lowest BCUT2D eigenvalue weighted by atomic mass is 10.0. The van der Waals surface area contributed by atoms with Crippen LogP contribution >= 0.6 is 0 Å². The Bertz CT molecular complexity index is 958. The van der Waals surface area contributed by atoms with Crippen LogP contribution in [0, 0.1) is 20.8 Å². The average molecular weight is 415 g/mol. The van der Waals surface area contributed by atoms with E-state index in [9.17, 15) is 4.79 Å². The van der Waals surface area contributed by atoms with Gasteiger partial charge in [-0.1, -0.05) is 23.8 Å². The van der Waals surface area contributed by atoms with Gasteiger partial charge in [-0.2, -0.15) is 0 Å². The zero-order valence-electron chi connectivity index (χ0n) is 17.9. The molecule has 0 fully saturated rings. The second kappa shape index (κ2) is 11.3. The fourth-order valence-corrected chi connectivity index (χ4v) is 2.91. The van der Waals surface area contributed by atoms with Crippen molar-refractivity contribution >= 4 is 28.7 Å². The van der Waals surface area contributed by atoms with Crippen LogP contribution in [0.15, 0.2) is 42.5 Å². The first-order valence-electron chi connectivity index (χ1n) is 9.34. The molecule has 0 bridgehead atoms. The summed E-state index contributed by atoms with van der Waals surface area (Å²) in [7, 11) is 3.38. The molecule has 1 heterocycles. The number of pyridine rings is 1. The highest BCUT2D eigenvalue weighted by Gasteiger charge is 2.10. The van der Waals surface area contributed by atoms with E-state index in [1.54, 1.807) is 14.1 Å². The molecule has 29 heavy (non-hydrogen) atoms. The Labute approximate surface area is 179 Å². The Morgan fingerprint density at radius 2 is 1.72 bits per heavy atom. The number of hydrogen-bond acceptors (Lipinski definition) is 4. The summed E-state index contributed by atoms with van der Waals surface area (Å²) in [5, 5.41) is 4.67. The molecule has 0 unspecified atom stereocenters. The van der Waals surface area contributed by atoms with Gasteiger partial charge < -0.3 is 27.4 Å². The van der Waals surface area contributed by atoms with Crippen LogP contribution in [0.5, 0.6) is 5.75 Å². The maximum atomic E-state index is 9.43. The number of fused-ring (bicyclic) bond motifs is 1. The Kier molecular flexibility index (Phi) is 9.42. The molecule has 0 aliphatic rings. The molecule has 3 rings (SSSR count). The van der Waals surface area contributed by atoms with Crippen LogP contribution in [-0.2, 0) is 4.79 Å². The molecular formula is C23H29ClN3O2-. The summed E-state index contributed by atoms with van der Waals surface area (Å²) in [4.78, 5) is 15.6. The lowest BCUT2D eigenvalue weighted by molar-refractivity contribution is -0.115. The number of carbonyl (C=O) groups excluding carboxylic acids is 1. The van der Waals surface area contributed by atoms with E-state index in [2.05, 4.69) is 37.4 Å². The minimum atomic E-state index is 0. The first-order chi connectivity index (χ1) is 13.3. The number of para-hydroxylation sites is 2. The SMILES string of the molecule is CCOc1ccccc1Nc1cc(C)nc2c(C)cc(C)cc12.CN(C)C=O.[Cl-]. The fourth-order valence-electron chi connectivity index (χ4n) is 2.91. The highest BCUT2D eigenvalue weighted by atomic mass is 35.5. The van der Waals surface area contributed by atoms with E-state index in [1.807, 2.05) is 38.1 Å². The number of nitrogens with one attached hydrogen (secondary N) is 1. The Hall–Kier alpha value is -2.79. The molecule has 0 spiro atoms. The Morgan fingerprint density at radius 3 is 2.34 bits per heavy atom. The van der Waals surface area contributed by atoms with Gasteiger partial charge in [-0.3, -0.25) is 9.78 Å². The molecule has 5 nitrogen and oxygen atoms in total. The van der Waals surface area contributed by atoms with Crippen molar-refractivity contribution in [3.8, 4) is 5.75 Å². The van der Waals surface area contributed by atoms with Gasteiger partial charge >= 0.3 is 0 Å². The number of rotatable bonds is 5. The molecule has 0 atom stereocenters. The van der Waals surface area contributed by atoms with Gasteiger partial charge in [0, 0.05) is 30.9 Å². The molecule has 1 amide bonds. The van der Waals surface area contributed by atoms with Crippen LogP contribution in [0.4, 0.5) is 11.4 Å². The predicted octanol–water partition coefficient (Wildman–Crippen LogP) is 2.01. The number of carbonyl (C=O) groups is 1. The van der Waals surface area contributed by atoms with Crippen molar-refractivity contribution in [3.05, 3.63) is 59.3 Å². The molecule has 2 aromatic carbocycles. The van der Waals surface area contributed by atoms with Crippen molar-refractivity contribution in [1.82, 2.24) is 9.88 Å². The number of aryl methyl sites for hydroxylation is 3. The smallest absolute Gasteiger partial charge is 0.209 e. The van der Waals surface area contributed by atoms with Crippen molar-refractivity contribution in [2.75, 3.05) is 26.0 Å². The van der Waals surface area contributed by atoms with Crippen LogP contribution in [-0.4, -0.2) is 37.0 Å². The molecule has 0 saturated carbocycles. The molecule has 6 heteroatoms. The quantitative estimate of drug-likeness (QED) is 0.649. The van der Waals surface area contributed by atoms with Crippen LogP contribution in [0.3, 0.4) is 0 Å². The molecule has 0 radical (unpaired) electrons. The monoisotopic (exact) mass is 414 g/mol. The van der Waals surface area contributed by atoms with Crippen LogP contribution in [0.25, 0.3) is 10.9 Å². The number of ether oxygens (including phenoxy) is 1. The van der Waals surface area contributed by atoms with Gasteiger partial charge in [0.15, 0.2) is 0 Å². The van der Waals surface area contributed by atoms with Gasteiger partial charge in [0.25, 0.3) is 0 Å². The maximum Gasteiger partial charge on any atom is 0.209 e. The van der Waals surface area contributed by atoms with Gasteiger partial charge in [-0.05, 0) is 57.5 Å². The second-order valence-corrected chi connectivity index (χ2v) is 6.91. The molecule has 0 saturated heterocycles. The average Bonchev–Trinajstić information content (AvgIpc) is 2.65. The Balaban J connectivity index is 0.000000628. The van der Waals surface area contributed by atoms with E-state index in [0.29, 0.717) is 6.61 Å². The van der Waals surface area contributed by atoms with Crippen LogP contribution in [0.2, 0.25) is 0 Å². The zero-order valence-corrected chi connectivity index (χ0v) is 18.7. The van der Waals surface area contributed by atoms with Crippen molar-refractivity contribution in [1.29, 1.82) is 0 Å². The molecule has 0 aliphatic carbocycles. The summed E-state index contributed by atoms with van der Waals surface area (Å²) in [6, 6.07) is 14.5. The van der Waals surface area contributed by atoms with Crippen molar-refractivity contribution in [3.63, 3.8) is 0 Å².